The van der Waals surface area contributed by atoms with Gasteiger partial charge in [-0.2, -0.15) is 9.46 Å². The molecule has 0 saturated heterocycles. The fourth-order valence-corrected chi connectivity index (χ4v) is 3.23. The first kappa shape index (κ1) is 18.7. The maximum Gasteiger partial charge on any atom is 0.333 e. The summed E-state index contributed by atoms with van der Waals surface area (Å²) >= 11 is 3.18. The summed E-state index contributed by atoms with van der Waals surface area (Å²) in [6.07, 6.45) is 0. The minimum Gasteiger partial charge on any atom is -0.618 e. The Kier molecular flexibility index (Phi) is 4.75. The van der Waals surface area contributed by atoms with Gasteiger partial charge in [0.15, 0.2) is 11.5 Å². The van der Waals surface area contributed by atoms with Crippen LogP contribution in [0.15, 0.2) is 47.4 Å². The molecule has 0 unspecified atom stereocenters. The molecule has 138 valence electrons. The number of fused-ring (bicyclic) bond motifs is 1. The standard InChI is InChI=1S/C19H15BrN2O5/c1-10(12-8-13(20)19(24)16(9-12)27-3)18(23)17-11(2)21(25)14-6-4-5-7-15(14)22(17)26/h4-9,24H,1H2,2-3H3. The summed E-state index contributed by atoms with van der Waals surface area (Å²) in [7, 11) is 1.37. The van der Waals surface area contributed by atoms with Crippen LogP contribution in [0.4, 0.5) is 0 Å². The summed E-state index contributed by atoms with van der Waals surface area (Å²) in [5.41, 5.74) is 0.236. The Hall–Kier alpha value is -3.13. The van der Waals surface area contributed by atoms with Gasteiger partial charge in [-0.25, -0.2) is 0 Å². The van der Waals surface area contributed by atoms with Gasteiger partial charge in [0.2, 0.25) is 0 Å². The number of aromatic hydroxyl groups is 1. The van der Waals surface area contributed by atoms with Crippen molar-refractivity contribution in [3.8, 4) is 11.5 Å². The van der Waals surface area contributed by atoms with Crippen LogP contribution in [-0.4, -0.2) is 18.0 Å². The zero-order chi connectivity index (χ0) is 19.9. The molecule has 8 heteroatoms. The van der Waals surface area contributed by atoms with Crippen LogP contribution in [0.25, 0.3) is 16.6 Å². The number of ether oxygens (including phenoxy) is 1. The van der Waals surface area contributed by atoms with E-state index < -0.39 is 5.78 Å². The molecule has 0 aliphatic carbocycles. The maximum atomic E-state index is 13.0. The Bertz CT molecular complexity index is 1110. The molecule has 1 heterocycles. The van der Waals surface area contributed by atoms with E-state index in [0.29, 0.717) is 19.5 Å². The summed E-state index contributed by atoms with van der Waals surface area (Å²) in [6.45, 7) is 5.17. The number of hydrogen-bond acceptors (Lipinski definition) is 5. The number of allylic oxidation sites excluding steroid dienone is 1. The number of benzene rings is 2. The number of Topliss-reactive ketones (excluding diaryl/α,β-unsaturated/α-hetero) is 1. The molecule has 1 aromatic heterocycles. The second-order valence-electron chi connectivity index (χ2n) is 5.83. The van der Waals surface area contributed by atoms with Crippen molar-refractivity contribution in [3.63, 3.8) is 0 Å². The van der Waals surface area contributed by atoms with E-state index in [2.05, 4.69) is 22.5 Å². The molecule has 3 rings (SSSR count). The average molecular weight is 431 g/mol. The topological polar surface area (TPSA) is 100 Å². The van der Waals surface area contributed by atoms with Crippen LogP contribution in [0.3, 0.4) is 0 Å². The molecule has 7 nitrogen and oxygen atoms in total. The molecule has 0 aliphatic rings. The van der Waals surface area contributed by atoms with E-state index in [4.69, 9.17) is 4.74 Å². The van der Waals surface area contributed by atoms with Crippen molar-refractivity contribution >= 4 is 38.3 Å². The Labute approximate surface area is 163 Å². The van der Waals surface area contributed by atoms with Gasteiger partial charge in [-0.1, -0.05) is 18.7 Å². The molecule has 0 atom stereocenters. The van der Waals surface area contributed by atoms with Gasteiger partial charge in [0.25, 0.3) is 22.5 Å². The van der Waals surface area contributed by atoms with E-state index in [-0.39, 0.29) is 39.5 Å². The maximum absolute atomic E-state index is 13.0. The highest BCUT2D eigenvalue weighted by Crippen LogP contribution is 2.37. The number of phenols is 1. The van der Waals surface area contributed by atoms with Gasteiger partial charge in [0.1, 0.15) is 0 Å². The number of carbonyl (C=O) groups excluding carboxylic acids is 1. The van der Waals surface area contributed by atoms with Crippen molar-refractivity contribution < 1.29 is 24.1 Å². The van der Waals surface area contributed by atoms with Crippen LogP contribution in [0.2, 0.25) is 0 Å². The Morgan fingerprint density at radius 2 is 1.78 bits per heavy atom. The van der Waals surface area contributed by atoms with Gasteiger partial charge < -0.3 is 20.3 Å². The van der Waals surface area contributed by atoms with Gasteiger partial charge >= 0.3 is 5.69 Å². The van der Waals surface area contributed by atoms with Gasteiger partial charge in [-0.15, -0.1) is 0 Å². The molecule has 0 aliphatic heterocycles. The molecule has 27 heavy (non-hydrogen) atoms. The Morgan fingerprint density at radius 1 is 1.19 bits per heavy atom. The number of rotatable bonds is 4. The number of hydrogen-bond donors (Lipinski definition) is 1. The minimum atomic E-state index is -0.697. The Morgan fingerprint density at radius 3 is 2.37 bits per heavy atom. The third-order valence-corrected chi connectivity index (χ3v) is 4.86. The number of ketones is 1. The van der Waals surface area contributed by atoms with Crippen LogP contribution in [0.1, 0.15) is 21.7 Å². The minimum absolute atomic E-state index is 0.0167. The number of halogens is 1. The van der Waals surface area contributed by atoms with Crippen molar-refractivity contribution in [3.05, 3.63) is 74.8 Å². The molecule has 3 aromatic rings. The fraction of sp³-hybridized carbons (Fsp3) is 0.105. The summed E-state index contributed by atoms with van der Waals surface area (Å²) in [4.78, 5) is 13.0. The molecule has 0 amide bonds. The van der Waals surface area contributed by atoms with Crippen LogP contribution in [0.5, 0.6) is 11.5 Å². The second-order valence-corrected chi connectivity index (χ2v) is 6.68. The van der Waals surface area contributed by atoms with E-state index >= 15 is 0 Å². The van der Waals surface area contributed by atoms with Crippen LogP contribution < -0.4 is 14.2 Å². The largest absolute Gasteiger partial charge is 0.618 e. The molecule has 0 saturated carbocycles. The molecule has 0 bridgehead atoms. The summed E-state index contributed by atoms with van der Waals surface area (Å²) in [5.74, 6) is -0.686. The zero-order valence-electron chi connectivity index (χ0n) is 14.5. The number of nitrogens with zero attached hydrogens (tertiary/aromatic N) is 2. The number of methoxy groups -OCH3 is 1. The van der Waals surface area contributed by atoms with Crippen molar-refractivity contribution in [2.45, 2.75) is 6.92 Å². The monoisotopic (exact) mass is 430 g/mol. The number of carbonyl (C=O) groups is 1. The first-order valence-corrected chi connectivity index (χ1v) is 8.62. The molecule has 1 N–H and O–H groups in total. The van der Waals surface area contributed by atoms with E-state index in [0.717, 1.165) is 0 Å². The van der Waals surface area contributed by atoms with Crippen molar-refractivity contribution in [1.29, 1.82) is 0 Å². The summed E-state index contributed by atoms with van der Waals surface area (Å²) in [6, 6.07) is 9.13. The third-order valence-electron chi connectivity index (χ3n) is 4.26. The third kappa shape index (κ3) is 2.97. The van der Waals surface area contributed by atoms with Crippen molar-refractivity contribution in [2.24, 2.45) is 0 Å². The van der Waals surface area contributed by atoms with Crippen LogP contribution >= 0.6 is 15.9 Å². The highest BCUT2D eigenvalue weighted by molar-refractivity contribution is 9.10. The zero-order valence-corrected chi connectivity index (χ0v) is 16.1. The van der Waals surface area contributed by atoms with Crippen molar-refractivity contribution in [2.75, 3.05) is 7.11 Å². The molecular weight excluding hydrogens is 416 g/mol. The lowest BCUT2D eigenvalue weighted by Gasteiger charge is -2.13. The van der Waals surface area contributed by atoms with E-state index in [9.17, 15) is 20.3 Å². The molecule has 0 fully saturated rings. The number of aromatic nitrogens is 2. The molecule has 0 spiro atoms. The first-order chi connectivity index (χ1) is 12.8. The summed E-state index contributed by atoms with van der Waals surface area (Å²) in [5, 5.41) is 35.2. The van der Waals surface area contributed by atoms with Gasteiger partial charge in [0, 0.05) is 24.6 Å². The molecular formula is C19H15BrN2O5. The van der Waals surface area contributed by atoms with E-state index in [1.54, 1.807) is 12.1 Å². The van der Waals surface area contributed by atoms with E-state index in [1.165, 1.54) is 38.3 Å². The quantitative estimate of drug-likeness (QED) is 0.296. The normalized spacial score (nSPS) is 10.8. The highest BCUT2D eigenvalue weighted by atomic mass is 79.9. The Balaban J connectivity index is 2.17. The average Bonchev–Trinajstić information content (AvgIpc) is 2.67. The number of phenolic OH excluding ortho intramolecular Hbond substituents is 1. The lowest BCUT2D eigenvalue weighted by atomic mass is 9.99. The van der Waals surface area contributed by atoms with Gasteiger partial charge in [0.05, 0.1) is 11.6 Å². The lowest BCUT2D eigenvalue weighted by molar-refractivity contribution is -0.634. The number of para-hydroxylation sites is 2. The molecule has 0 radical (unpaired) electrons. The van der Waals surface area contributed by atoms with E-state index in [1.807, 2.05) is 0 Å². The van der Waals surface area contributed by atoms with Gasteiger partial charge in [-0.3, -0.25) is 4.79 Å². The predicted molar refractivity (Wildman–Crippen MR) is 102 cm³/mol. The van der Waals surface area contributed by atoms with Crippen LogP contribution in [-0.2, 0) is 0 Å². The smallest absolute Gasteiger partial charge is 0.333 e. The predicted octanol–water partition coefficient (Wildman–Crippen LogP) is 2.79. The van der Waals surface area contributed by atoms with Gasteiger partial charge in [-0.05, 0) is 33.6 Å². The first-order valence-electron chi connectivity index (χ1n) is 7.82. The highest BCUT2D eigenvalue weighted by Gasteiger charge is 2.32. The van der Waals surface area contributed by atoms with Crippen molar-refractivity contribution in [1.82, 2.24) is 0 Å². The lowest BCUT2D eigenvalue weighted by Crippen LogP contribution is -2.46. The SMILES string of the molecule is C=C(C(=O)c1c(C)[n+]([O-])c2ccccc2[n+]1[O-])c1cc(Br)c(O)c(OC)c1. The second kappa shape index (κ2) is 6.88. The molecule has 2 aromatic carbocycles. The summed E-state index contributed by atoms with van der Waals surface area (Å²) < 4.78 is 6.37. The van der Waals surface area contributed by atoms with Crippen LogP contribution in [0, 0.1) is 17.3 Å². The fourth-order valence-electron chi connectivity index (χ4n) is 2.79.